The number of carbonyl (C=O) groups excluding carboxylic acids is 1. The summed E-state index contributed by atoms with van der Waals surface area (Å²) in [7, 11) is 0. The highest BCUT2D eigenvalue weighted by molar-refractivity contribution is 6.33. The van der Waals surface area contributed by atoms with Gasteiger partial charge in [-0.05, 0) is 30.4 Å². The van der Waals surface area contributed by atoms with Gasteiger partial charge in [0.2, 0.25) is 0 Å². The van der Waals surface area contributed by atoms with Crippen LogP contribution >= 0.6 is 11.6 Å². The summed E-state index contributed by atoms with van der Waals surface area (Å²) in [5.41, 5.74) is 0.337. The minimum Gasteiger partial charge on any atom is -0.481 e. The van der Waals surface area contributed by atoms with Crippen LogP contribution in [-0.2, 0) is 4.79 Å². The Morgan fingerprint density at radius 3 is 2.50 bits per heavy atom. The standard InChI is InChI=1S/C15H20ClNO3/c1-15(2,8-7-13(18)19)9-10-17-14(20)11-5-3-4-6-12(11)16/h3-6H,7-10H2,1-2H3,(H,17,20)(H,18,19). The van der Waals surface area contributed by atoms with E-state index < -0.39 is 5.97 Å². The van der Waals surface area contributed by atoms with Crippen molar-refractivity contribution in [2.75, 3.05) is 6.54 Å². The number of carbonyl (C=O) groups is 2. The molecule has 0 bridgehead atoms. The molecule has 1 aromatic carbocycles. The first-order valence-corrected chi connectivity index (χ1v) is 6.94. The molecule has 0 aliphatic heterocycles. The van der Waals surface area contributed by atoms with Gasteiger partial charge >= 0.3 is 5.97 Å². The van der Waals surface area contributed by atoms with Crippen molar-refractivity contribution in [1.29, 1.82) is 0 Å². The number of rotatable bonds is 7. The summed E-state index contributed by atoms with van der Waals surface area (Å²) in [4.78, 5) is 22.5. The highest BCUT2D eigenvalue weighted by Crippen LogP contribution is 2.26. The minimum atomic E-state index is -0.793. The van der Waals surface area contributed by atoms with Crippen LogP contribution in [0.2, 0.25) is 5.02 Å². The summed E-state index contributed by atoms with van der Waals surface area (Å²) >= 11 is 5.95. The van der Waals surface area contributed by atoms with Gasteiger partial charge in [-0.1, -0.05) is 37.6 Å². The number of nitrogens with one attached hydrogen (secondary N) is 1. The molecule has 2 N–H and O–H groups in total. The summed E-state index contributed by atoms with van der Waals surface area (Å²) < 4.78 is 0. The van der Waals surface area contributed by atoms with E-state index in [9.17, 15) is 9.59 Å². The lowest BCUT2D eigenvalue weighted by molar-refractivity contribution is -0.137. The molecule has 4 nitrogen and oxygen atoms in total. The molecule has 0 saturated carbocycles. The van der Waals surface area contributed by atoms with Crippen molar-refractivity contribution in [3.05, 3.63) is 34.9 Å². The van der Waals surface area contributed by atoms with Gasteiger partial charge in [-0.25, -0.2) is 0 Å². The highest BCUT2D eigenvalue weighted by atomic mass is 35.5. The summed E-state index contributed by atoms with van der Waals surface area (Å²) in [5.74, 6) is -0.997. The van der Waals surface area contributed by atoms with Crippen molar-refractivity contribution < 1.29 is 14.7 Å². The van der Waals surface area contributed by atoms with Gasteiger partial charge in [-0.2, -0.15) is 0 Å². The van der Waals surface area contributed by atoms with E-state index in [4.69, 9.17) is 16.7 Å². The Morgan fingerprint density at radius 1 is 1.25 bits per heavy atom. The smallest absolute Gasteiger partial charge is 0.303 e. The Hall–Kier alpha value is -1.55. The SMILES string of the molecule is CC(C)(CCNC(=O)c1ccccc1Cl)CCC(=O)O. The van der Waals surface area contributed by atoms with Crippen molar-refractivity contribution >= 4 is 23.5 Å². The molecule has 1 aromatic rings. The number of hydrogen-bond acceptors (Lipinski definition) is 2. The quantitative estimate of drug-likeness (QED) is 0.811. The van der Waals surface area contributed by atoms with E-state index in [0.717, 1.165) is 6.42 Å². The fourth-order valence-corrected chi connectivity index (χ4v) is 2.05. The molecule has 5 heteroatoms. The molecule has 0 unspecified atom stereocenters. The maximum Gasteiger partial charge on any atom is 0.303 e. The van der Waals surface area contributed by atoms with Crippen molar-refractivity contribution in [3.63, 3.8) is 0 Å². The molecule has 0 saturated heterocycles. The van der Waals surface area contributed by atoms with Gasteiger partial charge in [0.25, 0.3) is 5.91 Å². The van der Waals surface area contributed by atoms with E-state index in [2.05, 4.69) is 5.32 Å². The summed E-state index contributed by atoms with van der Waals surface area (Å²) in [6.45, 7) is 4.49. The minimum absolute atomic E-state index is 0.119. The Bertz CT molecular complexity index is 486. The molecule has 1 rings (SSSR count). The van der Waals surface area contributed by atoms with Crippen LogP contribution in [-0.4, -0.2) is 23.5 Å². The number of carboxylic acid groups (broad SMARTS) is 1. The second-order valence-corrected chi connectivity index (χ2v) is 5.95. The van der Waals surface area contributed by atoms with Crippen molar-refractivity contribution in [2.45, 2.75) is 33.1 Å². The van der Waals surface area contributed by atoms with E-state index in [1.807, 2.05) is 13.8 Å². The number of amides is 1. The summed E-state index contributed by atoms with van der Waals surface area (Å²) in [5, 5.41) is 11.9. The van der Waals surface area contributed by atoms with Crippen LogP contribution in [0.1, 0.15) is 43.5 Å². The van der Waals surface area contributed by atoms with Gasteiger partial charge in [0.1, 0.15) is 0 Å². The molecule has 110 valence electrons. The third-order valence-electron chi connectivity index (χ3n) is 3.22. The fourth-order valence-electron chi connectivity index (χ4n) is 1.83. The topological polar surface area (TPSA) is 66.4 Å². The average molecular weight is 298 g/mol. The van der Waals surface area contributed by atoms with Gasteiger partial charge in [0.05, 0.1) is 10.6 Å². The highest BCUT2D eigenvalue weighted by Gasteiger charge is 2.19. The van der Waals surface area contributed by atoms with Crippen molar-refractivity contribution in [3.8, 4) is 0 Å². The predicted octanol–water partition coefficient (Wildman–Crippen LogP) is 3.35. The Labute approximate surface area is 124 Å². The van der Waals surface area contributed by atoms with E-state index >= 15 is 0 Å². The summed E-state index contributed by atoms with van der Waals surface area (Å²) in [6, 6.07) is 6.88. The Balaban J connectivity index is 2.42. The second-order valence-electron chi connectivity index (χ2n) is 5.54. The molecule has 0 heterocycles. The average Bonchev–Trinajstić information content (AvgIpc) is 2.37. The van der Waals surface area contributed by atoms with Crippen LogP contribution in [0.4, 0.5) is 0 Å². The lowest BCUT2D eigenvalue weighted by atomic mass is 9.84. The van der Waals surface area contributed by atoms with Crippen LogP contribution in [0.15, 0.2) is 24.3 Å². The van der Waals surface area contributed by atoms with Gasteiger partial charge in [0.15, 0.2) is 0 Å². The molecule has 0 radical (unpaired) electrons. The number of aliphatic carboxylic acids is 1. The monoisotopic (exact) mass is 297 g/mol. The molecule has 0 spiro atoms. The zero-order valence-electron chi connectivity index (χ0n) is 11.8. The molecule has 0 fully saturated rings. The molecule has 0 atom stereocenters. The van der Waals surface area contributed by atoms with E-state index in [-0.39, 0.29) is 17.7 Å². The lowest BCUT2D eigenvalue weighted by Crippen LogP contribution is -2.28. The molecule has 0 aliphatic rings. The van der Waals surface area contributed by atoms with Gasteiger partial charge < -0.3 is 10.4 Å². The Kier molecular flexibility index (Phi) is 6.02. The number of carboxylic acids is 1. The zero-order chi connectivity index (χ0) is 15.2. The maximum absolute atomic E-state index is 11.9. The first-order chi connectivity index (χ1) is 9.32. The van der Waals surface area contributed by atoms with E-state index in [1.165, 1.54) is 0 Å². The first-order valence-electron chi connectivity index (χ1n) is 6.56. The number of hydrogen-bond donors (Lipinski definition) is 2. The molecular weight excluding hydrogens is 278 g/mol. The van der Waals surface area contributed by atoms with Crippen LogP contribution in [0.25, 0.3) is 0 Å². The van der Waals surface area contributed by atoms with Crippen molar-refractivity contribution in [1.82, 2.24) is 5.32 Å². The zero-order valence-corrected chi connectivity index (χ0v) is 12.5. The first kappa shape index (κ1) is 16.5. The van der Waals surface area contributed by atoms with Gasteiger partial charge in [0, 0.05) is 13.0 Å². The van der Waals surface area contributed by atoms with Crippen LogP contribution in [0.3, 0.4) is 0 Å². The third kappa shape index (κ3) is 5.61. The van der Waals surface area contributed by atoms with Crippen molar-refractivity contribution in [2.24, 2.45) is 5.41 Å². The van der Waals surface area contributed by atoms with Gasteiger partial charge in [-0.3, -0.25) is 9.59 Å². The lowest BCUT2D eigenvalue weighted by Gasteiger charge is -2.23. The predicted molar refractivity (Wildman–Crippen MR) is 79.1 cm³/mol. The maximum atomic E-state index is 11.9. The van der Waals surface area contributed by atoms with Crippen LogP contribution < -0.4 is 5.32 Å². The summed E-state index contributed by atoms with van der Waals surface area (Å²) in [6.07, 6.45) is 1.45. The molecule has 0 aliphatic carbocycles. The van der Waals surface area contributed by atoms with Crippen LogP contribution in [0, 0.1) is 5.41 Å². The second kappa shape index (κ2) is 7.29. The molecule has 0 aromatic heterocycles. The third-order valence-corrected chi connectivity index (χ3v) is 3.55. The van der Waals surface area contributed by atoms with Crippen LogP contribution in [0.5, 0.6) is 0 Å². The molecule has 1 amide bonds. The Morgan fingerprint density at radius 2 is 1.90 bits per heavy atom. The fraction of sp³-hybridized carbons (Fsp3) is 0.467. The van der Waals surface area contributed by atoms with E-state index in [1.54, 1.807) is 24.3 Å². The molecule has 20 heavy (non-hydrogen) atoms. The normalized spacial score (nSPS) is 11.2. The van der Waals surface area contributed by atoms with E-state index in [0.29, 0.717) is 23.6 Å². The number of benzene rings is 1. The largest absolute Gasteiger partial charge is 0.481 e. The molecular formula is C15H20ClNO3. The van der Waals surface area contributed by atoms with Gasteiger partial charge in [-0.15, -0.1) is 0 Å². The number of halogens is 1.